The monoisotopic (exact) mass is 594 g/mol. The zero-order chi connectivity index (χ0) is 29.6. The molecule has 0 saturated carbocycles. The van der Waals surface area contributed by atoms with Crippen LogP contribution >= 0.6 is 0 Å². The summed E-state index contributed by atoms with van der Waals surface area (Å²) in [6.07, 6.45) is -8.64. The van der Waals surface area contributed by atoms with Crippen molar-refractivity contribution < 1.29 is 39.9 Å². The highest BCUT2D eigenvalue weighted by atomic mass is 32.2. The number of pyridine rings is 1. The van der Waals surface area contributed by atoms with Crippen molar-refractivity contribution in [3.8, 4) is 33.9 Å². The standard InChI is InChI=1S/C27H20F6N4O3S/c28-26(29,30)19-6-4-16(5-7-19)23-14-24(27(31,32)33)36-25(35-23)18-8-10-34-22(13-18)17-2-1-3-21(12-17)41(39,40)37-11-9-20(38)15-37/h1-8,10,12-14,20,38H,9,11,15H2/t20-/m0/s1. The summed E-state index contributed by atoms with van der Waals surface area (Å²) in [4.78, 5) is 12.0. The molecule has 0 radical (unpaired) electrons. The van der Waals surface area contributed by atoms with Gasteiger partial charge in [0.2, 0.25) is 10.0 Å². The molecule has 2 aromatic heterocycles. The number of rotatable bonds is 5. The van der Waals surface area contributed by atoms with Gasteiger partial charge in [0.05, 0.1) is 28.0 Å². The Morgan fingerprint density at radius 2 is 1.54 bits per heavy atom. The van der Waals surface area contributed by atoms with E-state index in [9.17, 15) is 39.9 Å². The number of hydrogen-bond acceptors (Lipinski definition) is 6. The molecular weight excluding hydrogens is 574 g/mol. The lowest BCUT2D eigenvalue weighted by Gasteiger charge is -2.16. The first-order chi connectivity index (χ1) is 19.2. The van der Waals surface area contributed by atoms with Crippen LogP contribution in [0.2, 0.25) is 0 Å². The molecule has 14 heteroatoms. The Labute approximate surface area is 230 Å². The molecule has 2 aromatic carbocycles. The highest BCUT2D eigenvalue weighted by Crippen LogP contribution is 2.35. The van der Waals surface area contributed by atoms with E-state index in [1.807, 2.05) is 0 Å². The third kappa shape index (κ3) is 6.09. The molecule has 0 amide bonds. The smallest absolute Gasteiger partial charge is 0.392 e. The number of hydrogen-bond donors (Lipinski definition) is 1. The van der Waals surface area contributed by atoms with Gasteiger partial charge in [0, 0.05) is 36.0 Å². The molecule has 0 spiro atoms. The zero-order valence-electron chi connectivity index (χ0n) is 20.9. The Hall–Kier alpha value is -3.88. The Morgan fingerprint density at radius 1 is 0.805 bits per heavy atom. The van der Waals surface area contributed by atoms with Gasteiger partial charge in [0.15, 0.2) is 5.82 Å². The number of alkyl halides is 6. The lowest BCUT2D eigenvalue weighted by molar-refractivity contribution is -0.141. The van der Waals surface area contributed by atoms with Crippen molar-refractivity contribution in [3.05, 3.63) is 84.2 Å². The number of aromatic nitrogens is 3. The number of sulfonamides is 1. The molecule has 5 rings (SSSR count). The molecule has 1 saturated heterocycles. The second-order valence-corrected chi connectivity index (χ2v) is 11.2. The molecule has 1 aliphatic rings. The molecule has 7 nitrogen and oxygen atoms in total. The Kier molecular flexibility index (Phi) is 7.34. The lowest BCUT2D eigenvalue weighted by atomic mass is 10.1. The number of β-amino-alcohol motifs (C(OH)–C–C–N with tert-alkyl or cyclic N) is 1. The molecule has 1 aliphatic heterocycles. The van der Waals surface area contributed by atoms with Gasteiger partial charge in [-0.05, 0) is 48.9 Å². The minimum atomic E-state index is -4.87. The molecule has 0 unspecified atom stereocenters. The fourth-order valence-corrected chi connectivity index (χ4v) is 5.86. The molecule has 41 heavy (non-hydrogen) atoms. The summed E-state index contributed by atoms with van der Waals surface area (Å²) in [7, 11) is -3.91. The van der Waals surface area contributed by atoms with Crippen LogP contribution in [0.5, 0.6) is 0 Å². The minimum absolute atomic E-state index is 0.0198. The van der Waals surface area contributed by atoms with E-state index in [4.69, 9.17) is 0 Å². The summed E-state index contributed by atoms with van der Waals surface area (Å²) in [6.45, 7) is 0.129. The van der Waals surface area contributed by atoms with Gasteiger partial charge >= 0.3 is 12.4 Å². The van der Waals surface area contributed by atoms with Crippen molar-refractivity contribution in [2.24, 2.45) is 0 Å². The largest absolute Gasteiger partial charge is 0.433 e. The number of benzene rings is 2. The molecule has 214 valence electrons. The Bertz CT molecular complexity index is 1690. The van der Waals surface area contributed by atoms with Crippen molar-refractivity contribution >= 4 is 10.0 Å². The summed E-state index contributed by atoms with van der Waals surface area (Å²) in [5.41, 5.74) is -1.79. The first kappa shape index (κ1) is 28.6. The van der Waals surface area contributed by atoms with Crippen LogP contribution in [-0.2, 0) is 22.4 Å². The molecule has 1 fully saturated rings. The summed E-state index contributed by atoms with van der Waals surface area (Å²) < 4.78 is 107. The molecule has 3 heterocycles. The van der Waals surface area contributed by atoms with E-state index in [0.717, 1.165) is 24.3 Å². The van der Waals surface area contributed by atoms with Gasteiger partial charge in [-0.15, -0.1) is 0 Å². The van der Waals surface area contributed by atoms with Gasteiger partial charge < -0.3 is 5.11 Å². The van der Waals surface area contributed by atoms with E-state index >= 15 is 0 Å². The van der Waals surface area contributed by atoms with Crippen LogP contribution in [0.25, 0.3) is 33.9 Å². The predicted octanol–water partition coefficient (Wildman–Crippen LogP) is 5.67. The Balaban J connectivity index is 1.54. The fourth-order valence-electron chi connectivity index (χ4n) is 4.32. The van der Waals surface area contributed by atoms with E-state index in [0.29, 0.717) is 18.1 Å². The van der Waals surface area contributed by atoms with Crippen molar-refractivity contribution in [3.63, 3.8) is 0 Å². The Morgan fingerprint density at radius 3 is 2.17 bits per heavy atom. The van der Waals surface area contributed by atoms with Crippen LogP contribution in [0.1, 0.15) is 17.7 Å². The number of aliphatic hydroxyl groups excluding tert-OH is 1. The second-order valence-electron chi connectivity index (χ2n) is 9.30. The van der Waals surface area contributed by atoms with Crippen LogP contribution in [0.4, 0.5) is 26.3 Å². The van der Waals surface area contributed by atoms with E-state index < -0.39 is 39.7 Å². The van der Waals surface area contributed by atoms with Gasteiger partial charge in [-0.25, -0.2) is 18.4 Å². The SMILES string of the molecule is O=S(=O)(c1cccc(-c2cc(-c3nc(-c4ccc(C(F)(F)F)cc4)cc(C(F)(F)F)n3)ccn2)c1)N1CC[C@H](O)C1. The van der Waals surface area contributed by atoms with Crippen LogP contribution in [0.3, 0.4) is 0 Å². The average molecular weight is 595 g/mol. The topological polar surface area (TPSA) is 96.3 Å². The second kappa shape index (κ2) is 10.5. The minimum Gasteiger partial charge on any atom is -0.392 e. The van der Waals surface area contributed by atoms with E-state index in [1.165, 1.54) is 40.8 Å². The van der Waals surface area contributed by atoms with Crippen molar-refractivity contribution in [1.82, 2.24) is 19.3 Å². The molecule has 1 atom stereocenters. The maximum atomic E-state index is 13.7. The third-order valence-corrected chi connectivity index (χ3v) is 8.30. The van der Waals surface area contributed by atoms with Crippen LogP contribution in [-0.4, -0.2) is 52.0 Å². The summed E-state index contributed by atoms with van der Waals surface area (Å²) in [5, 5.41) is 9.74. The lowest BCUT2D eigenvalue weighted by Crippen LogP contribution is -2.29. The average Bonchev–Trinajstić information content (AvgIpc) is 3.39. The van der Waals surface area contributed by atoms with Gasteiger partial charge in [-0.2, -0.15) is 30.6 Å². The number of aliphatic hydroxyl groups is 1. The van der Waals surface area contributed by atoms with Gasteiger partial charge in [-0.3, -0.25) is 4.98 Å². The van der Waals surface area contributed by atoms with Crippen LogP contribution < -0.4 is 0 Å². The summed E-state index contributed by atoms with van der Waals surface area (Å²) >= 11 is 0. The summed E-state index contributed by atoms with van der Waals surface area (Å²) in [6, 6.07) is 12.8. The first-order valence-corrected chi connectivity index (χ1v) is 13.5. The van der Waals surface area contributed by atoms with E-state index in [2.05, 4.69) is 15.0 Å². The maximum Gasteiger partial charge on any atom is 0.433 e. The molecule has 0 bridgehead atoms. The maximum absolute atomic E-state index is 13.7. The van der Waals surface area contributed by atoms with Crippen LogP contribution in [0, 0.1) is 0 Å². The highest BCUT2D eigenvalue weighted by molar-refractivity contribution is 7.89. The number of halogens is 6. The number of nitrogens with zero attached hydrogens (tertiary/aromatic N) is 4. The van der Waals surface area contributed by atoms with E-state index in [1.54, 1.807) is 6.07 Å². The molecule has 0 aliphatic carbocycles. The fraction of sp³-hybridized carbons (Fsp3) is 0.222. The van der Waals surface area contributed by atoms with Crippen molar-refractivity contribution in [2.45, 2.75) is 29.8 Å². The first-order valence-electron chi connectivity index (χ1n) is 12.1. The molecular formula is C27H20F6N4O3S. The predicted molar refractivity (Wildman–Crippen MR) is 136 cm³/mol. The van der Waals surface area contributed by atoms with Crippen molar-refractivity contribution in [1.29, 1.82) is 0 Å². The molecule has 1 N–H and O–H groups in total. The van der Waals surface area contributed by atoms with Crippen molar-refractivity contribution in [2.75, 3.05) is 13.1 Å². The normalized spacial score (nSPS) is 16.7. The molecule has 4 aromatic rings. The highest BCUT2D eigenvalue weighted by Gasteiger charge is 2.35. The van der Waals surface area contributed by atoms with Gasteiger partial charge in [-0.1, -0.05) is 24.3 Å². The van der Waals surface area contributed by atoms with Crippen LogP contribution in [0.15, 0.2) is 77.8 Å². The quantitative estimate of drug-likeness (QED) is 0.300. The summed E-state index contributed by atoms with van der Waals surface area (Å²) in [5.74, 6) is -0.354. The zero-order valence-corrected chi connectivity index (χ0v) is 21.7. The third-order valence-electron chi connectivity index (χ3n) is 6.44. The van der Waals surface area contributed by atoms with Gasteiger partial charge in [0.25, 0.3) is 0 Å². The van der Waals surface area contributed by atoms with Gasteiger partial charge in [0.1, 0.15) is 5.69 Å². The van der Waals surface area contributed by atoms with E-state index in [-0.39, 0.29) is 46.3 Å².